The molecule has 0 radical (unpaired) electrons. The second-order valence-corrected chi connectivity index (χ2v) is 8.96. The average molecular weight is 413 g/mol. The maximum absolute atomic E-state index is 13.4. The topological polar surface area (TPSA) is 72.6 Å². The summed E-state index contributed by atoms with van der Waals surface area (Å²) in [6.45, 7) is 6.18. The highest BCUT2D eigenvalue weighted by Gasteiger charge is 2.32. The molecule has 1 fully saturated rings. The molecule has 7 heteroatoms. The van der Waals surface area contributed by atoms with Crippen molar-refractivity contribution in [1.29, 1.82) is 0 Å². The molecule has 29 heavy (non-hydrogen) atoms. The maximum Gasteiger partial charge on any atom is 0.236 e. The zero-order chi connectivity index (χ0) is 20.4. The molecule has 2 aromatic carbocycles. The second kappa shape index (κ2) is 8.00. The van der Waals surface area contributed by atoms with E-state index in [1.165, 1.54) is 0 Å². The lowest BCUT2D eigenvalue weighted by atomic mass is 10.1. The molecule has 1 aromatic heterocycles. The number of aromatic nitrogens is 1. The van der Waals surface area contributed by atoms with Crippen molar-refractivity contribution in [2.45, 2.75) is 30.2 Å². The minimum Gasteiger partial charge on any atom is -0.419 e. The fraction of sp³-hybridized carbons (Fsp3) is 0.318. The number of morpholine rings is 1. The van der Waals surface area contributed by atoms with Gasteiger partial charge in [-0.2, -0.15) is 4.98 Å². The van der Waals surface area contributed by atoms with Gasteiger partial charge in [0.15, 0.2) is 0 Å². The number of anilines is 1. The molecular weight excluding hydrogens is 388 g/mol. The summed E-state index contributed by atoms with van der Waals surface area (Å²) in [6, 6.07) is 14.6. The molecule has 0 spiro atoms. The third kappa shape index (κ3) is 3.93. The Bertz CT molecular complexity index is 1080. The first-order valence-corrected chi connectivity index (χ1v) is 11.2. The molecular formula is C22H24N2O4S. The normalized spacial score (nSPS) is 14.9. The van der Waals surface area contributed by atoms with Gasteiger partial charge in [0.1, 0.15) is 0 Å². The van der Waals surface area contributed by atoms with Crippen molar-refractivity contribution in [3.05, 3.63) is 59.7 Å². The molecule has 0 amide bonds. The van der Waals surface area contributed by atoms with E-state index in [4.69, 9.17) is 9.15 Å². The summed E-state index contributed by atoms with van der Waals surface area (Å²) in [4.78, 5) is 6.54. The number of nitrogens with zero attached hydrogens (tertiary/aromatic N) is 2. The highest BCUT2D eigenvalue weighted by atomic mass is 32.2. The SMILES string of the molecule is CCc1ccc(S(=O)(=O)c2nc(-c3ccc(C)cc3)oc2N2CCOCC2)cc1. The number of oxazole rings is 1. The highest BCUT2D eigenvalue weighted by molar-refractivity contribution is 7.91. The van der Waals surface area contributed by atoms with Crippen LogP contribution in [0.3, 0.4) is 0 Å². The van der Waals surface area contributed by atoms with Crippen molar-refractivity contribution < 1.29 is 17.6 Å². The minimum atomic E-state index is -3.83. The number of ether oxygens (including phenoxy) is 1. The van der Waals surface area contributed by atoms with Crippen molar-refractivity contribution in [2.75, 3.05) is 31.2 Å². The van der Waals surface area contributed by atoms with Crippen LogP contribution in [0.4, 0.5) is 5.88 Å². The third-order valence-corrected chi connectivity index (χ3v) is 6.74. The Morgan fingerprint density at radius 2 is 1.66 bits per heavy atom. The van der Waals surface area contributed by atoms with Crippen LogP contribution in [0.2, 0.25) is 0 Å². The summed E-state index contributed by atoms with van der Waals surface area (Å²) in [7, 11) is -3.83. The zero-order valence-corrected chi connectivity index (χ0v) is 17.4. The van der Waals surface area contributed by atoms with Gasteiger partial charge in [-0.05, 0) is 43.2 Å². The number of rotatable bonds is 5. The summed E-state index contributed by atoms with van der Waals surface area (Å²) in [6.07, 6.45) is 0.848. The fourth-order valence-electron chi connectivity index (χ4n) is 3.27. The first-order chi connectivity index (χ1) is 14.0. The van der Waals surface area contributed by atoms with E-state index in [2.05, 4.69) is 4.98 Å². The summed E-state index contributed by atoms with van der Waals surface area (Å²) in [5, 5.41) is -0.0424. The van der Waals surface area contributed by atoms with E-state index in [1.807, 2.05) is 55.1 Å². The lowest BCUT2D eigenvalue weighted by Crippen LogP contribution is -2.36. The highest BCUT2D eigenvalue weighted by Crippen LogP contribution is 2.35. The summed E-state index contributed by atoms with van der Waals surface area (Å²) in [5.74, 6) is 0.582. The summed E-state index contributed by atoms with van der Waals surface area (Å²) < 4.78 is 38.3. The van der Waals surface area contributed by atoms with E-state index in [9.17, 15) is 8.42 Å². The smallest absolute Gasteiger partial charge is 0.236 e. The van der Waals surface area contributed by atoms with Gasteiger partial charge < -0.3 is 14.1 Å². The summed E-state index contributed by atoms with van der Waals surface area (Å²) in [5.41, 5.74) is 2.93. The molecule has 1 saturated heterocycles. The number of aryl methyl sites for hydroxylation is 2. The third-order valence-electron chi connectivity index (χ3n) is 5.07. The Hall–Kier alpha value is -2.64. The van der Waals surface area contributed by atoms with Crippen molar-refractivity contribution in [2.24, 2.45) is 0 Å². The van der Waals surface area contributed by atoms with Crippen LogP contribution in [0.15, 0.2) is 62.9 Å². The van der Waals surface area contributed by atoms with Crippen LogP contribution >= 0.6 is 0 Å². The van der Waals surface area contributed by atoms with Gasteiger partial charge in [-0.3, -0.25) is 0 Å². The van der Waals surface area contributed by atoms with E-state index in [0.717, 1.165) is 23.1 Å². The number of benzene rings is 2. The molecule has 0 aliphatic carbocycles. The Labute approximate surface area is 171 Å². The van der Waals surface area contributed by atoms with Crippen LogP contribution in [-0.4, -0.2) is 39.7 Å². The molecule has 0 N–H and O–H groups in total. The molecule has 6 nitrogen and oxygen atoms in total. The lowest BCUT2D eigenvalue weighted by Gasteiger charge is -2.26. The molecule has 0 saturated carbocycles. The molecule has 0 unspecified atom stereocenters. The average Bonchev–Trinajstić information content (AvgIpc) is 3.21. The quantitative estimate of drug-likeness (QED) is 0.633. The lowest BCUT2D eigenvalue weighted by molar-refractivity contribution is 0.120. The van der Waals surface area contributed by atoms with E-state index < -0.39 is 9.84 Å². The van der Waals surface area contributed by atoms with Gasteiger partial charge >= 0.3 is 0 Å². The number of hydrogen-bond acceptors (Lipinski definition) is 6. The van der Waals surface area contributed by atoms with Crippen LogP contribution in [0, 0.1) is 6.92 Å². The van der Waals surface area contributed by atoms with Crippen LogP contribution in [0.25, 0.3) is 11.5 Å². The monoisotopic (exact) mass is 412 g/mol. The molecule has 1 aliphatic heterocycles. The predicted molar refractivity (Wildman–Crippen MR) is 111 cm³/mol. The first kappa shape index (κ1) is 19.7. The largest absolute Gasteiger partial charge is 0.419 e. The molecule has 2 heterocycles. The Balaban J connectivity index is 1.82. The van der Waals surface area contributed by atoms with E-state index in [1.54, 1.807) is 12.1 Å². The van der Waals surface area contributed by atoms with E-state index in [-0.39, 0.29) is 15.8 Å². The van der Waals surface area contributed by atoms with Crippen LogP contribution in [0.1, 0.15) is 18.1 Å². The standard InChI is InChI=1S/C22H24N2O4S/c1-3-17-6-10-19(11-7-17)29(25,26)21-22(24-12-14-27-15-13-24)28-20(23-21)18-8-4-16(2)5-9-18/h4-11H,3,12-15H2,1-2H3. The zero-order valence-electron chi connectivity index (χ0n) is 16.6. The fourth-order valence-corrected chi connectivity index (χ4v) is 4.60. The maximum atomic E-state index is 13.4. The summed E-state index contributed by atoms with van der Waals surface area (Å²) >= 11 is 0. The second-order valence-electron chi connectivity index (χ2n) is 7.10. The Morgan fingerprint density at radius 3 is 2.28 bits per heavy atom. The van der Waals surface area contributed by atoms with Crippen LogP contribution < -0.4 is 4.90 Å². The van der Waals surface area contributed by atoms with Crippen molar-refractivity contribution >= 4 is 15.7 Å². The van der Waals surface area contributed by atoms with E-state index in [0.29, 0.717) is 32.2 Å². The molecule has 4 rings (SSSR count). The van der Waals surface area contributed by atoms with Gasteiger partial charge in [-0.25, -0.2) is 8.42 Å². The van der Waals surface area contributed by atoms with Crippen LogP contribution in [-0.2, 0) is 21.0 Å². The minimum absolute atomic E-state index is 0.0424. The van der Waals surface area contributed by atoms with Crippen molar-refractivity contribution in [3.8, 4) is 11.5 Å². The van der Waals surface area contributed by atoms with Crippen molar-refractivity contribution in [3.63, 3.8) is 0 Å². The van der Waals surface area contributed by atoms with Gasteiger partial charge in [0.25, 0.3) is 0 Å². The molecule has 0 bridgehead atoms. The van der Waals surface area contributed by atoms with Gasteiger partial charge in [0.05, 0.1) is 18.1 Å². The predicted octanol–water partition coefficient (Wildman–Crippen LogP) is 3.88. The molecule has 3 aromatic rings. The van der Waals surface area contributed by atoms with Gasteiger partial charge in [-0.15, -0.1) is 0 Å². The first-order valence-electron chi connectivity index (χ1n) is 9.73. The number of hydrogen-bond donors (Lipinski definition) is 0. The Morgan fingerprint density at radius 1 is 1.00 bits per heavy atom. The van der Waals surface area contributed by atoms with E-state index >= 15 is 0 Å². The Kier molecular flexibility index (Phi) is 5.43. The number of sulfone groups is 1. The molecule has 152 valence electrons. The van der Waals surface area contributed by atoms with Gasteiger partial charge in [0.2, 0.25) is 26.6 Å². The van der Waals surface area contributed by atoms with Crippen LogP contribution in [0.5, 0.6) is 0 Å². The van der Waals surface area contributed by atoms with Crippen molar-refractivity contribution in [1.82, 2.24) is 4.98 Å². The van der Waals surface area contributed by atoms with Gasteiger partial charge in [-0.1, -0.05) is 36.8 Å². The molecule has 0 atom stereocenters. The molecule has 1 aliphatic rings. The van der Waals surface area contributed by atoms with Gasteiger partial charge in [0, 0.05) is 18.7 Å².